The molecule has 1 aromatic carbocycles. The summed E-state index contributed by atoms with van der Waals surface area (Å²) in [7, 11) is 0. The van der Waals surface area contributed by atoms with Crippen LogP contribution in [0.1, 0.15) is 15.4 Å². The fourth-order valence-corrected chi connectivity index (χ4v) is 2.13. The summed E-state index contributed by atoms with van der Waals surface area (Å²) in [5, 5.41) is 1.02. The molecule has 0 bridgehead atoms. The minimum atomic E-state index is -0.140. The Morgan fingerprint density at radius 3 is 2.79 bits per heavy atom. The van der Waals surface area contributed by atoms with Gasteiger partial charge in [0.1, 0.15) is 5.82 Å². The van der Waals surface area contributed by atoms with Crippen LogP contribution in [0.4, 0.5) is 4.39 Å². The van der Waals surface area contributed by atoms with E-state index in [-0.39, 0.29) is 5.82 Å². The van der Waals surface area contributed by atoms with E-state index in [1.165, 1.54) is 6.07 Å². The van der Waals surface area contributed by atoms with E-state index in [1.54, 1.807) is 17.4 Å². The number of aromatic nitrogens is 1. The van der Waals surface area contributed by atoms with Crippen LogP contribution in [0, 0.1) is 12.7 Å². The molecule has 0 saturated heterocycles. The van der Waals surface area contributed by atoms with Crippen LogP contribution in [0.3, 0.4) is 0 Å². The number of aryl methyl sites for hydroxylation is 1. The number of halogens is 1. The van der Waals surface area contributed by atoms with Gasteiger partial charge in [0.15, 0.2) is 0 Å². The summed E-state index contributed by atoms with van der Waals surface area (Å²) in [5.74, 6) is -0.140. The molecule has 72 valence electrons. The predicted molar refractivity (Wildman–Crippen MR) is 56.1 cm³/mol. The molecular formula is C11H10FNS. The molecule has 2 rings (SSSR count). The average Bonchev–Trinajstić information content (AvgIpc) is 2.56. The number of thiazole rings is 1. The van der Waals surface area contributed by atoms with Crippen LogP contribution in [0.5, 0.6) is 0 Å². The number of rotatable bonds is 2. The molecule has 0 aliphatic rings. The van der Waals surface area contributed by atoms with Crippen molar-refractivity contribution in [2.75, 3.05) is 0 Å². The Kier molecular flexibility index (Phi) is 2.59. The van der Waals surface area contributed by atoms with Crippen LogP contribution in [-0.2, 0) is 6.42 Å². The maximum Gasteiger partial charge on any atom is 0.126 e. The molecule has 1 nitrogen and oxygen atoms in total. The Labute approximate surface area is 86.2 Å². The summed E-state index contributed by atoms with van der Waals surface area (Å²) in [6.45, 7) is 1.95. The molecule has 1 aromatic heterocycles. The second-order valence-corrected chi connectivity index (χ2v) is 4.43. The monoisotopic (exact) mass is 207 g/mol. The normalized spacial score (nSPS) is 10.4. The zero-order chi connectivity index (χ0) is 9.97. The average molecular weight is 207 g/mol. The minimum Gasteiger partial charge on any atom is -0.250 e. The number of hydrogen-bond acceptors (Lipinski definition) is 2. The highest BCUT2D eigenvalue weighted by Crippen LogP contribution is 2.18. The van der Waals surface area contributed by atoms with E-state index in [9.17, 15) is 4.39 Å². The van der Waals surface area contributed by atoms with E-state index in [0.29, 0.717) is 6.42 Å². The molecule has 1 heterocycles. The Morgan fingerprint density at radius 1 is 1.36 bits per heavy atom. The van der Waals surface area contributed by atoms with Crippen molar-refractivity contribution in [3.8, 4) is 0 Å². The van der Waals surface area contributed by atoms with E-state index in [2.05, 4.69) is 4.98 Å². The highest BCUT2D eigenvalue weighted by molar-refractivity contribution is 7.11. The molecule has 0 radical (unpaired) electrons. The molecule has 0 unspecified atom stereocenters. The van der Waals surface area contributed by atoms with Gasteiger partial charge in [-0.2, -0.15) is 0 Å². The largest absolute Gasteiger partial charge is 0.250 e. The molecule has 0 atom stereocenters. The number of benzene rings is 1. The summed E-state index contributed by atoms with van der Waals surface area (Å²) in [6.07, 6.45) is 2.45. The van der Waals surface area contributed by atoms with Gasteiger partial charge >= 0.3 is 0 Å². The van der Waals surface area contributed by atoms with Crippen LogP contribution in [0.25, 0.3) is 0 Å². The first-order valence-corrected chi connectivity index (χ1v) is 5.22. The van der Waals surface area contributed by atoms with Crippen molar-refractivity contribution in [3.05, 3.63) is 51.7 Å². The molecule has 0 spiro atoms. The van der Waals surface area contributed by atoms with E-state index < -0.39 is 0 Å². The molecule has 14 heavy (non-hydrogen) atoms. The third-order valence-corrected chi connectivity index (χ3v) is 2.90. The quantitative estimate of drug-likeness (QED) is 0.737. The van der Waals surface area contributed by atoms with Gasteiger partial charge < -0.3 is 0 Å². The van der Waals surface area contributed by atoms with Crippen LogP contribution < -0.4 is 0 Å². The van der Waals surface area contributed by atoms with Gasteiger partial charge in [0.05, 0.1) is 5.01 Å². The maximum atomic E-state index is 13.3. The molecule has 0 fully saturated rings. The van der Waals surface area contributed by atoms with E-state index >= 15 is 0 Å². The van der Waals surface area contributed by atoms with Gasteiger partial charge in [-0.05, 0) is 18.6 Å². The van der Waals surface area contributed by atoms with Crippen molar-refractivity contribution in [2.45, 2.75) is 13.3 Å². The summed E-state index contributed by atoms with van der Waals surface area (Å²) < 4.78 is 13.3. The fraction of sp³-hybridized carbons (Fsp3) is 0.182. The van der Waals surface area contributed by atoms with Gasteiger partial charge in [-0.15, -0.1) is 11.3 Å². The van der Waals surface area contributed by atoms with Crippen LogP contribution in [0.15, 0.2) is 30.5 Å². The zero-order valence-corrected chi connectivity index (χ0v) is 8.64. The van der Waals surface area contributed by atoms with Gasteiger partial charge in [-0.3, -0.25) is 0 Å². The Bertz CT molecular complexity index is 436. The lowest BCUT2D eigenvalue weighted by Gasteiger charge is -1.98. The third-order valence-electron chi connectivity index (χ3n) is 1.99. The molecule has 0 aliphatic heterocycles. The number of hydrogen-bond donors (Lipinski definition) is 0. The summed E-state index contributed by atoms with van der Waals surface area (Å²) in [5.41, 5.74) is 0.733. The predicted octanol–water partition coefficient (Wildman–Crippen LogP) is 3.18. The van der Waals surface area contributed by atoms with Crippen LogP contribution in [0.2, 0.25) is 0 Å². The van der Waals surface area contributed by atoms with Gasteiger partial charge in [0, 0.05) is 17.5 Å². The molecular weight excluding hydrogens is 197 g/mol. The van der Waals surface area contributed by atoms with Crippen LogP contribution in [-0.4, -0.2) is 4.98 Å². The van der Waals surface area contributed by atoms with Crippen molar-refractivity contribution in [3.63, 3.8) is 0 Å². The van der Waals surface area contributed by atoms with Crippen molar-refractivity contribution >= 4 is 11.3 Å². The lowest BCUT2D eigenvalue weighted by Crippen LogP contribution is -1.88. The summed E-state index contributed by atoms with van der Waals surface area (Å²) >= 11 is 1.61. The lowest BCUT2D eigenvalue weighted by atomic mass is 10.1. The summed E-state index contributed by atoms with van der Waals surface area (Å²) in [4.78, 5) is 5.24. The Hall–Kier alpha value is -1.22. The fourth-order valence-electron chi connectivity index (χ4n) is 1.32. The first-order valence-electron chi connectivity index (χ1n) is 4.40. The van der Waals surface area contributed by atoms with Crippen molar-refractivity contribution < 1.29 is 4.39 Å². The maximum absolute atomic E-state index is 13.3. The van der Waals surface area contributed by atoms with Crippen molar-refractivity contribution in [1.82, 2.24) is 4.98 Å². The van der Waals surface area contributed by atoms with Gasteiger partial charge in [0.25, 0.3) is 0 Å². The van der Waals surface area contributed by atoms with Crippen LogP contribution >= 0.6 is 11.3 Å². The number of nitrogens with zero attached hydrogens (tertiary/aromatic N) is 1. The molecule has 3 heteroatoms. The Morgan fingerprint density at radius 2 is 2.14 bits per heavy atom. The minimum absolute atomic E-state index is 0.140. The van der Waals surface area contributed by atoms with Gasteiger partial charge in [-0.25, -0.2) is 9.37 Å². The topological polar surface area (TPSA) is 12.9 Å². The van der Waals surface area contributed by atoms with Crippen molar-refractivity contribution in [1.29, 1.82) is 0 Å². The SMILES string of the molecule is Cc1ncc(Cc2ccccc2F)s1. The molecule has 0 saturated carbocycles. The first kappa shape index (κ1) is 9.34. The smallest absolute Gasteiger partial charge is 0.126 e. The molecule has 0 amide bonds. The third kappa shape index (κ3) is 1.99. The highest BCUT2D eigenvalue weighted by atomic mass is 32.1. The van der Waals surface area contributed by atoms with E-state index in [0.717, 1.165) is 15.4 Å². The summed E-state index contributed by atoms with van der Waals surface area (Å²) in [6, 6.07) is 6.86. The second-order valence-electron chi connectivity index (χ2n) is 3.11. The highest BCUT2D eigenvalue weighted by Gasteiger charge is 2.04. The zero-order valence-electron chi connectivity index (χ0n) is 7.83. The van der Waals surface area contributed by atoms with Gasteiger partial charge in [0.2, 0.25) is 0 Å². The molecule has 0 aliphatic carbocycles. The van der Waals surface area contributed by atoms with E-state index in [4.69, 9.17) is 0 Å². The molecule has 0 N–H and O–H groups in total. The molecule has 2 aromatic rings. The Balaban J connectivity index is 2.23. The lowest BCUT2D eigenvalue weighted by molar-refractivity contribution is 0.614. The second kappa shape index (κ2) is 3.88. The standard InChI is InChI=1S/C11H10FNS/c1-8-13-7-10(14-8)6-9-4-2-3-5-11(9)12/h2-5,7H,6H2,1H3. The van der Waals surface area contributed by atoms with Crippen molar-refractivity contribution in [2.24, 2.45) is 0 Å². The van der Waals surface area contributed by atoms with Gasteiger partial charge in [-0.1, -0.05) is 18.2 Å². The first-order chi connectivity index (χ1) is 6.75. The van der Waals surface area contributed by atoms with E-state index in [1.807, 2.05) is 25.3 Å².